The molecule has 0 spiro atoms. The van der Waals surface area contributed by atoms with Crippen LogP contribution in [0, 0.1) is 0 Å². The molecule has 1 aliphatic rings. The molecule has 2 aromatic carbocycles. The Morgan fingerprint density at radius 2 is 1.86 bits per heavy atom. The number of anilines is 1. The van der Waals surface area contributed by atoms with Gasteiger partial charge < -0.3 is 11.1 Å². The molecule has 0 radical (unpaired) electrons. The van der Waals surface area contributed by atoms with Crippen molar-refractivity contribution in [1.82, 2.24) is 5.32 Å². The Kier molecular flexibility index (Phi) is 3.44. The van der Waals surface area contributed by atoms with Crippen molar-refractivity contribution in [3.05, 3.63) is 47.5 Å². The molecule has 5 N–H and O–H groups in total. The summed E-state index contributed by atoms with van der Waals surface area (Å²) >= 11 is 0. The van der Waals surface area contributed by atoms with Gasteiger partial charge in [-0.3, -0.25) is 0 Å². The Bertz CT molecular complexity index is 801. The highest BCUT2D eigenvalue weighted by molar-refractivity contribution is 7.89. The van der Waals surface area contributed by atoms with Gasteiger partial charge in [-0.2, -0.15) is 0 Å². The van der Waals surface area contributed by atoms with Crippen LogP contribution in [0.2, 0.25) is 0 Å². The summed E-state index contributed by atoms with van der Waals surface area (Å²) in [6, 6.07) is 10.6. The SMILES string of the molecule is Nc1ccc(S(N)(=O)=O)c(-c2ccc3c(c2)CNCC3)c1. The number of hydrogen-bond donors (Lipinski definition) is 3. The lowest BCUT2D eigenvalue weighted by molar-refractivity contribution is 0.598. The van der Waals surface area contributed by atoms with Crippen molar-refractivity contribution < 1.29 is 8.42 Å². The third-order valence-corrected chi connectivity index (χ3v) is 4.68. The van der Waals surface area contributed by atoms with Crippen LogP contribution in [0.15, 0.2) is 41.3 Å². The monoisotopic (exact) mass is 303 g/mol. The highest BCUT2D eigenvalue weighted by Crippen LogP contribution is 2.30. The molecule has 1 heterocycles. The van der Waals surface area contributed by atoms with Gasteiger partial charge in [0, 0.05) is 17.8 Å². The summed E-state index contributed by atoms with van der Waals surface area (Å²) in [5, 5.41) is 8.61. The maximum Gasteiger partial charge on any atom is 0.238 e. The minimum absolute atomic E-state index is 0.0976. The normalized spacial score (nSPS) is 14.7. The van der Waals surface area contributed by atoms with Gasteiger partial charge in [0.25, 0.3) is 0 Å². The molecule has 5 nitrogen and oxygen atoms in total. The van der Waals surface area contributed by atoms with E-state index in [0.717, 1.165) is 25.1 Å². The maximum atomic E-state index is 11.8. The van der Waals surface area contributed by atoms with Gasteiger partial charge in [-0.05, 0) is 53.9 Å². The van der Waals surface area contributed by atoms with Crippen LogP contribution in [0.25, 0.3) is 11.1 Å². The van der Waals surface area contributed by atoms with E-state index >= 15 is 0 Å². The molecule has 0 bridgehead atoms. The van der Waals surface area contributed by atoms with E-state index in [4.69, 9.17) is 10.9 Å². The average molecular weight is 303 g/mol. The molecular weight excluding hydrogens is 286 g/mol. The van der Waals surface area contributed by atoms with Crippen LogP contribution < -0.4 is 16.2 Å². The van der Waals surface area contributed by atoms with Gasteiger partial charge in [0.2, 0.25) is 10.0 Å². The van der Waals surface area contributed by atoms with E-state index < -0.39 is 10.0 Å². The van der Waals surface area contributed by atoms with Crippen molar-refractivity contribution >= 4 is 15.7 Å². The second-order valence-corrected chi connectivity index (χ2v) is 6.74. The number of nitrogens with two attached hydrogens (primary N) is 2. The van der Waals surface area contributed by atoms with E-state index in [0.29, 0.717) is 11.3 Å². The summed E-state index contributed by atoms with van der Waals surface area (Å²) in [4.78, 5) is 0.0976. The Hall–Kier alpha value is -1.89. The van der Waals surface area contributed by atoms with Crippen molar-refractivity contribution in [3.8, 4) is 11.1 Å². The van der Waals surface area contributed by atoms with E-state index in [1.165, 1.54) is 17.2 Å². The molecule has 0 atom stereocenters. The van der Waals surface area contributed by atoms with E-state index in [1.54, 1.807) is 12.1 Å². The summed E-state index contributed by atoms with van der Waals surface area (Å²) < 4.78 is 23.5. The summed E-state index contributed by atoms with van der Waals surface area (Å²) in [6.45, 7) is 1.75. The zero-order chi connectivity index (χ0) is 15.0. The standard InChI is InChI=1S/C15H17N3O2S/c16-13-3-4-15(21(17,19)20)14(8-13)11-2-1-10-5-6-18-9-12(10)7-11/h1-4,7-8,18H,5-6,9,16H2,(H2,17,19,20). The molecule has 1 aliphatic heterocycles. The van der Waals surface area contributed by atoms with E-state index in [1.807, 2.05) is 18.2 Å². The maximum absolute atomic E-state index is 11.8. The van der Waals surface area contributed by atoms with Crippen molar-refractivity contribution in [3.63, 3.8) is 0 Å². The largest absolute Gasteiger partial charge is 0.399 e. The van der Waals surface area contributed by atoms with E-state index in [2.05, 4.69) is 5.32 Å². The van der Waals surface area contributed by atoms with Crippen LogP contribution >= 0.6 is 0 Å². The van der Waals surface area contributed by atoms with Crippen molar-refractivity contribution in [2.45, 2.75) is 17.9 Å². The zero-order valence-corrected chi connectivity index (χ0v) is 12.3. The van der Waals surface area contributed by atoms with Gasteiger partial charge in [0.05, 0.1) is 4.90 Å². The summed E-state index contributed by atoms with van der Waals surface area (Å²) in [6.07, 6.45) is 0.981. The second-order valence-electron chi connectivity index (χ2n) is 5.21. The summed E-state index contributed by atoms with van der Waals surface area (Å²) in [7, 11) is -3.79. The first-order valence-corrected chi connectivity index (χ1v) is 8.25. The van der Waals surface area contributed by atoms with Gasteiger partial charge in [0.1, 0.15) is 0 Å². The van der Waals surface area contributed by atoms with Gasteiger partial charge in [-0.25, -0.2) is 13.6 Å². The molecule has 0 fully saturated rings. The van der Waals surface area contributed by atoms with Crippen LogP contribution in [-0.4, -0.2) is 15.0 Å². The van der Waals surface area contributed by atoms with Crippen molar-refractivity contribution in [1.29, 1.82) is 0 Å². The quantitative estimate of drug-likeness (QED) is 0.727. The predicted molar refractivity (Wildman–Crippen MR) is 83.1 cm³/mol. The first kappa shape index (κ1) is 14.1. The molecule has 0 saturated heterocycles. The van der Waals surface area contributed by atoms with Gasteiger partial charge >= 0.3 is 0 Å². The fourth-order valence-electron chi connectivity index (χ4n) is 2.67. The summed E-state index contributed by atoms with van der Waals surface area (Å²) in [5.41, 5.74) is 10.1. The average Bonchev–Trinajstić information content (AvgIpc) is 2.45. The van der Waals surface area contributed by atoms with Gasteiger partial charge in [-0.15, -0.1) is 0 Å². The van der Waals surface area contributed by atoms with Crippen LogP contribution in [0.4, 0.5) is 5.69 Å². The Labute approximate surface area is 124 Å². The van der Waals surface area contributed by atoms with Crippen LogP contribution in [0.1, 0.15) is 11.1 Å². The highest BCUT2D eigenvalue weighted by Gasteiger charge is 2.17. The fraction of sp³-hybridized carbons (Fsp3) is 0.200. The van der Waals surface area contributed by atoms with Crippen molar-refractivity contribution in [2.75, 3.05) is 12.3 Å². The third-order valence-electron chi connectivity index (χ3n) is 3.71. The van der Waals surface area contributed by atoms with Gasteiger partial charge in [0.15, 0.2) is 0 Å². The number of benzene rings is 2. The first-order valence-electron chi connectivity index (χ1n) is 6.70. The van der Waals surface area contributed by atoms with Crippen molar-refractivity contribution in [2.24, 2.45) is 5.14 Å². The van der Waals surface area contributed by atoms with Crippen LogP contribution in [0.5, 0.6) is 0 Å². The third kappa shape index (κ3) is 2.78. The number of fused-ring (bicyclic) bond motifs is 1. The fourth-order valence-corrected chi connectivity index (χ4v) is 3.41. The predicted octanol–water partition coefficient (Wildman–Crippen LogP) is 1.23. The lowest BCUT2D eigenvalue weighted by atomic mass is 9.95. The molecule has 110 valence electrons. The summed E-state index contributed by atoms with van der Waals surface area (Å²) in [5.74, 6) is 0. The Morgan fingerprint density at radius 1 is 1.05 bits per heavy atom. The molecular formula is C15H17N3O2S. The van der Waals surface area contributed by atoms with E-state index in [9.17, 15) is 8.42 Å². The number of nitrogen functional groups attached to an aromatic ring is 1. The Balaban J connectivity index is 2.18. The first-order chi connectivity index (χ1) is 9.95. The van der Waals surface area contributed by atoms with E-state index in [-0.39, 0.29) is 4.90 Å². The molecule has 6 heteroatoms. The topological polar surface area (TPSA) is 98.2 Å². The number of rotatable bonds is 2. The smallest absolute Gasteiger partial charge is 0.238 e. The molecule has 0 amide bonds. The molecule has 2 aromatic rings. The highest BCUT2D eigenvalue weighted by atomic mass is 32.2. The minimum atomic E-state index is -3.79. The molecule has 0 aliphatic carbocycles. The number of primary sulfonamides is 1. The molecule has 0 unspecified atom stereocenters. The Morgan fingerprint density at radius 3 is 2.62 bits per heavy atom. The number of hydrogen-bond acceptors (Lipinski definition) is 4. The number of nitrogens with one attached hydrogen (secondary N) is 1. The minimum Gasteiger partial charge on any atom is -0.399 e. The molecule has 21 heavy (non-hydrogen) atoms. The number of sulfonamides is 1. The van der Waals surface area contributed by atoms with Gasteiger partial charge in [-0.1, -0.05) is 12.1 Å². The molecule has 0 aromatic heterocycles. The second kappa shape index (κ2) is 5.14. The molecule has 0 saturated carbocycles. The lowest BCUT2D eigenvalue weighted by Gasteiger charge is -2.18. The lowest BCUT2D eigenvalue weighted by Crippen LogP contribution is -2.23. The molecule has 3 rings (SSSR count). The van der Waals surface area contributed by atoms with Crippen LogP contribution in [-0.2, 0) is 23.0 Å². The van der Waals surface area contributed by atoms with Crippen LogP contribution in [0.3, 0.4) is 0 Å². The zero-order valence-electron chi connectivity index (χ0n) is 11.5.